The second kappa shape index (κ2) is 13.6. The maximum absolute atomic E-state index is 13.6. The van der Waals surface area contributed by atoms with Crippen LogP contribution in [0.5, 0.6) is 11.5 Å². The predicted octanol–water partition coefficient (Wildman–Crippen LogP) is 4.76. The number of allylic oxidation sites excluding steroid dienone is 1. The van der Waals surface area contributed by atoms with Crippen LogP contribution in [0.15, 0.2) is 107 Å². The van der Waals surface area contributed by atoms with Crippen LogP contribution in [0.1, 0.15) is 39.3 Å². The van der Waals surface area contributed by atoms with Crippen molar-refractivity contribution in [2.75, 3.05) is 0 Å². The second-order valence-electron chi connectivity index (χ2n) is 10.7. The molecule has 48 heavy (non-hydrogen) atoms. The van der Waals surface area contributed by atoms with E-state index >= 15 is 0 Å². The van der Waals surface area contributed by atoms with Crippen molar-refractivity contribution in [1.82, 2.24) is 4.57 Å². The van der Waals surface area contributed by atoms with Gasteiger partial charge in [0, 0.05) is 11.1 Å². The predicted molar refractivity (Wildman–Crippen MR) is 180 cm³/mol. The lowest BCUT2D eigenvalue weighted by molar-refractivity contribution is 0.305. The van der Waals surface area contributed by atoms with Crippen molar-refractivity contribution >= 4 is 28.8 Å². The Balaban J connectivity index is 1.29. The average molecular weight is 645 g/mol. The maximum Gasteiger partial charge on any atom is 0.274 e. The van der Waals surface area contributed by atoms with Crippen LogP contribution in [0.25, 0.3) is 17.5 Å². The average Bonchev–Trinajstić information content (AvgIpc) is 3.45. The normalized spacial score (nSPS) is 13.9. The molecular formula is C38H24N6O3S. The molecule has 1 aliphatic heterocycles. The third-order valence-electron chi connectivity index (χ3n) is 7.84. The number of benzene rings is 4. The van der Waals surface area contributed by atoms with E-state index < -0.39 is 11.5 Å². The number of hydrogen-bond donors (Lipinski definition) is 1. The van der Waals surface area contributed by atoms with E-state index in [1.807, 2.05) is 24.3 Å². The van der Waals surface area contributed by atoms with Crippen LogP contribution in [-0.4, -0.2) is 4.57 Å². The van der Waals surface area contributed by atoms with Gasteiger partial charge in [0.2, 0.25) is 0 Å². The van der Waals surface area contributed by atoms with Gasteiger partial charge in [-0.25, -0.2) is 0 Å². The van der Waals surface area contributed by atoms with Gasteiger partial charge in [0.25, 0.3) is 5.56 Å². The van der Waals surface area contributed by atoms with Crippen LogP contribution in [0.3, 0.4) is 0 Å². The largest absolute Gasteiger partial charge is 0.489 e. The Morgan fingerprint density at radius 2 is 1.23 bits per heavy atom. The lowest BCUT2D eigenvalue weighted by Gasteiger charge is -2.22. The van der Waals surface area contributed by atoms with Gasteiger partial charge in [0.1, 0.15) is 35.2 Å². The highest BCUT2D eigenvalue weighted by atomic mass is 32.1. The van der Waals surface area contributed by atoms with Gasteiger partial charge in [-0.1, -0.05) is 60.7 Å². The van der Waals surface area contributed by atoms with E-state index in [1.165, 1.54) is 4.57 Å². The fraction of sp³-hybridized carbons (Fsp3) is 0.0789. The van der Waals surface area contributed by atoms with Gasteiger partial charge in [0.15, 0.2) is 0 Å². The summed E-state index contributed by atoms with van der Waals surface area (Å²) in [5.74, 6) is 0.345. The lowest BCUT2D eigenvalue weighted by Crippen LogP contribution is -2.38. The van der Waals surface area contributed by atoms with E-state index in [0.717, 1.165) is 28.0 Å². The number of rotatable bonds is 8. The first-order valence-electron chi connectivity index (χ1n) is 14.6. The summed E-state index contributed by atoms with van der Waals surface area (Å²) in [4.78, 5) is 13.6. The van der Waals surface area contributed by atoms with Crippen LogP contribution >= 0.6 is 11.3 Å². The summed E-state index contributed by atoms with van der Waals surface area (Å²) < 4.78 is 13.7. The lowest BCUT2D eigenvalue weighted by atomic mass is 9.84. The van der Waals surface area contributed by atoms with Crippen molar-refractivity contribution in [2.24, 2.45) is 5.73 Å². The van der Waals surface area contributed by atoms with Crippen LogP contribution in [0.2, 0.25) is 0 Å². The van der Waals surface area contributed by atoms with Crippen molar-refractivity contribution in [1.29, 1.82) is 21.0 Å². The molecule has 1 atom stereocenters. The second-order valence-corrected chi connectivity index (χ2v) is 11.7. The molecule has 5 aromatic rings. The Morgan fingerprint density at radius 1 is 0.708 bits per heavy atom. The van der Waals surface area contributed by atoms with Crippen LogP contribution < -0.4 is 30.0 Å². The van der Waals surface area contributed by atoms with Crippen LogP contribution in [-0.2, 0) is 13.2 Å². The van der Waals surface area contributed by atoms with Crippen molar-refractivity contribution in [3.8, 4) is 35.8 Å². The molecule has 6 rings (SSSR count). The molecule has 0 saturated heterocycles. The molecule has 2 N–H and O–H groups in total. The monoisotopic (exact) mass is 644 g/mol. The molecule has 230 valence electrons. The molecule has 9 nitrogen and oxygen atoms in total. The fourth-order valence-electron chi connectivity index (χ4n) is 5.39. The Hall–Kier alpha value is -6.85. The quantitative estimate of drug-likeness (QED) is 0.253. The zero-order valence-electron chi connectivity index (χ0n) is 25.3. The van der Waals surface area contributed by atoms with Gasteiger partial charge < -0.3 is 15.2 Å². The Kier molecular flexibility index (Phi) is 8.86. The molecule has 0 bridgehead atoms. The van der Waals surface area contributed by atoms with E-state index in [0.29, 0.717) is 37.4 Å². The first-order valence-corrected chi connectivity index (χ1v) is 15.5. The number of ether oxygens (including phenoxy) is 2. The molecular weight excluding hydrogens is 621 g/mol. The summed E-state index contributed by atoms with van der Waals surface area (Å²) in [7, 11) is 0. The van der Waals surface area contributed by atoms with E-state index in [9.17, 15) is 25.8 Å². The molecule has 0 amide bonds. The Bertz CT molecular complexity index is 2430. The van der Waals surface area contributed by atoms with Gasteiger partial charge in [-0.15, -0.1) is 11.3 Å². The van der Waals surface area contributed by atoms with Gasteiger partial charge in [0.05, 0.1) is 57.0 Å². The van der Waals surface area contributed by atoms with Crippen molar-refractivity contribution in [2.45, 2.75) is 19.1 Å². The van der Waals surface area contributed by atoms with Gasteiger partial charge in [-0.2, -0.15) is 21.0 Å². The number of aromatic nitrogens is 1. The Morgan fingerprint density at radius 3 is 1.75 bits per heavy atom. The number of nitriles is 4. The number of nitrogens with two attached hydrogens (primary N) is 1. The molecule has 1 unspecified atom stereocenters. The molecule has 0 radical (unpaired) electrons. The minimum absolute atomic E-state index is 0.0211. The van der Waals surface area contributed by atoms with E-state index in [-0.39, 0.29) is 30.2 Å². The van der Waals surface area contributed by atoms with Gasteiger partial charge >= 0.3 is 0 Å². The summed E-state index contributed by atoms with van der Waals surface area (Å²) in [6.07, 6.45) is 1.70. The van der Waals surface area contributed by atoms with Crippen molar-refractivity contribution in [3.63, 3.8) is 0 Å². The summed E-state index contributed by atoms with van der Waals surface area (Å²) in [6.45, 7) is 0.435. The van der Waals surface area contributed by atoms with Gasteiger partial charge in [-0.3, -0.25) is 9.36 Å². The molecule has 1 aliphatic rings. The highest BCUT2D eigenvalue weighted by Gasteiger charge is 2.32. The first kappa shape index (κ1) is 31.1. The standard InChI is InChI=1S/C38H24N6O3S/c39-18-26-5-1-3-7-28(26)22-46-30-13-9-24(10-14-30)17-34-37(45)44-36(43)32(20-41)35(33(21-42)38(44)48-34)25-11-15-31(16-12-25)47-23-29-8-4-2-6-27(29)19-40/h1-17,35H,22-23,43H2. The summed E-state index contributed by atoms with van der Waals surface area (Å²) in [5, 5.41) is 39.1. The molecule has 0 fully saturated rings. The Labute approximate surface area is 279 Å². The SMILES string of the molecule is N#CC1=C(N)n2c(sc(=Cc3ccc(OCc4ccccc4C#N)cc3)c2=O)=C(C#N)C1c1ccc(OCc2ccccc2C#N)cc1. The fourth-order valence-corrected chi connectivity index (χ4v) is 6.51. The maximum atomic E-state index is 13.6. The van der Waals surface area contributed by atoms with Crippen molar-refractivity contribution in [3.05, 3.63) is 156 Å². The third-order valence-corrected chi connectivity index (χ3v) is 8.95. The molecule has 1 aromatic heterocycles. The van der Waals surface area contributed by atoms with E-state index in [1.54, 1.807) is 78.9 Å². The molecule has 0 aliphatic carbocycles. The minimum atomic E-state index is -0.776. The molecule has 10 heteroatoms. The van der Waals surface area contributed by atoms with Gasteiger partial charge in [-0.05, 0) is 53.6 Å². The first-order chi connectivity index (χ1) is 23.4. The van der Waals surface area contributed by atoms with Crippen molar-refractivity contribution < 1.29 is 9.47 Å². The van der Waals surface area contributed by atoms with Crippen LogP contribution in [0, 0.1) is 45.3 Å². The zero-order chi connectivity index (χ0) is 33.6. The summed E-state index contributed by atoms with van der Waals surface area (Å²) >= 11 is 1.13. The third kappa shape index (κ3) is 6.04. The zero-order valence-corrected chi connectivity index (χ0v) is 26.1. The molecule has 0 spiro atoms. The number of thiazole rings is 1. The number of nitrogens with zero attached hydrogens (tertiary/aromatic N) is 5. The number of hydrogen-bond acceptors (Lipinski definition) is 9. The summed E-state index contributed by atoms with van der Waals surface area (Å²) in [6, 6.07) is 37.2. The van der Waals surface area contributed by atoms with E-state index in [4.69, 9.17) is 15.2 Å². The van der Waals surface area contributed by atoms with Crippen LogP contribution in [0.4, 0.5) is 0 Å². The number of fused-ring (bicyclic) bond motifs is 1. The minimum Gasteiger partial charge on any atom is -0.489 e. The smallest absolute Gasteiger partial charge is 0.274 e. The molecule has 4 aromatic carbocycles. The molecule has 0 saturated carbocycles. The van der Waals surface area contributed by atoms with E-state index in [2.05, 4.69) is 24.3 Å². The summed E-state index contributed by atoms with van der Waals surface area (Å²) in [5.41, 5.74) is 10.3. The highest BCUT2D eigenvalue weighted by Crippen LogP contribution is 2.36. The molecule has 2 heterocycles. The highest BCUT2D eigenvalue weighted by molar-refractivity contribution is 7.07. The topological polar surface area (TPSA) is 162 Å².